The molecule has 0 radical (unpaired) electrons. The minimum absolute atomic E-state index is 0.210. The summed E-state index contributed by atoms with van der Waals surface area (Å²) < 4.78 is 31.8. The fourth-order valence-electron chi connectivity index (χ4n) is 3.28. The molecule has 9 heteroatoms. The Kier molecular flexibility index (Phi) is 5.13. The molecule has 1 aliphatic heterocycles. The lowest BCUT2D eigenvalue weighted by Gasteiger charge is -2.09. The summed E-state index contributed by atoms with van der Waals surface area (Å²) in [4.78, 5) is 21.6. The molecule has 2 heterocycles. The van der Waals surface area contributed by atoms with Crippen LogP contribution in [0.1, 0.15) is 21.6 Å². The van der Waals surface area contributed by atoms with Crippen molar-refractivity contribution < 1.29 is 17.9 Å². The van der Waals surface area contributed by atoms with Crippen molar-refractivity contribution in [2.24, 2.45) is 4.99 Å². The van der Waals surface area contributed by atoms with Crippen molar-refractivity contribution in [1.29, 1.82) is 0 Å². The van der Waals surface area contributed by atoms with Gasteiger partial charge in [-0.15, -0.1) is 0 Å². The standard InChI is InChI=1S/C21H20N4O4S/c1-13-17(11-14-7-8-15(29-2)12-18(14)24-13)21(26)23-10-9-22-20-16-5-3-4-6-19(16)30(27,28)25-20/h3-8,11-12H,9-10H2,1-2H3,(H,22,25)(H,23,26). The highest BCUT2D eigenvalue weighted by atomic mass is 32.2. The van der Waals surface area contributed by atoms with E-state index in [0.29, 0.717) is 22.6 Å². The van der Waals surface area contributed by atoms with Crippen molar-refractivity contribution in [3.63, 3.8) is 0 Å². The number of aryl methyl sites for hydroxylation is 1. The average molecular weight is 424 g/mol. The van der Waals surface area contributed by atoms with E-state index in [2.05, 4.69) is 20.0 Å². The molecule has 30 heavy (non-hydrogen) atoms. The Hall–Kier alpha value is -3.46. The monoisotopic (exact) mass is 424 g/mol. The third kappa shape index (κ3) is 3.71. The number of benzene rings is 2. The number of ether oxygens (including phenoxy) is 1. The highest BCUT2D eigenvalue weighted by Gasteiger charge is 2.29. The molecule has 1 aliphatic rings. The number of nitrogens with zero attached hydrogens (tertiary/aromatic N) is 2. The molecule has 0 spiro atoms. The van der Waals surface area contributed by atoms with Gasteiger partial charge in [0.15, 0.2) is 0 Å². The van der Waals surface area contributed by atoms with E-state index < -0.39 is 10.0 Å². The zero-order chi connectivity index (χ0) is 21.3. The quantitative estimate of drug-likeness (QED) is 0.609. The van der Waals surface area contributed by atoms with Crippen LogP contribution >= 0.6 is 0 Å². The number of aliphatic imine (C=N–C) groups is 1. The average Bonchev–Trinajstić information content (AvgIpc) is 3.00. The second kappa shape index (κ2) is 7.75. The molecule has 4 rings (SSSR count). The Morgan fingerprint density at radius 1 is 1.20 bits per heavy atom. The first kappa shape index (κ1) is 19.8. The highest BCUT2D eigenvalue weighted by molar-refractivity contribution is 7.90. The molecule has 154 valence electrons. The van der Waals surface area contributed by atoms with Crippen LogP contribution in [0, 0.1) is 6.92 Å². The molecule has 3 aromatic rings. The third-order valence-electron chi connectivity index (χ3n) is 4.79. The summed E-state index contributed by atoms with van der Waals surface area (Å²) in [6.45, 7) is 2.26. The lowest BCUT2D eigenvalue weighted by molar-refractivity contribution is 0.0954. The number of hydrogen-bond acceptors (Lipinski definition) is 6. The molecule has 0 saturated carbocycles. The Morgan fingerprint density at radius 2 is 2.00 bits per heavy atom. The van der Waals surface area contributed by atoms with Crippen LogP contribution in [0.2, 0.25) is 0 Å². The first-order valence-corrected chi connectivity index (χ1v) is 10.8. The maximum atomic E-state index is 12.6. The fourth-order valence-corrected chi connectivity index (χ4v) is 4.53. The highest BCUT2D eigenvalue weighted by Crippen LogP contribution is 2.23. The molecule has 0 aliphatic carbocycles. The number of amides is 1. The molecule has 0 fully saturated rings. The minimum atomic E-state index is -3.57. The zero-order valence-corrected chi connectivity index (χ0v) is 17.3. The zero-order valence-electron chi connectivity index (χ0n) is 16.5. The lowest BCUT2D eigenvalue weighted by atomic mass is 10.1. The van der Waals surface area contributed by atoms with E-state index in [4.69, 9.17) is 4.74 Å². The molecule has 0 atom stereocenters. The van der Waals surface area contributed by atoms with Crippen LogP contribution in [0.5, 0.6) is 5.75 Å². The van der Waals surface area contributed by atoms with E-state index in [9.17, 15) is 13.2 Å². The van der Waals surface area contributed by atoms with Crippen molar-refractivity contribution in [2.45, 2.75) is 11.8 Å². The first-order chi connectivity index (χ1) is 14.4. The number of carbonyl (C=O) groups is 1. The summed E-state index contributed by atoms with van der Waals surface area (Å²) >= 11 is 0. The predicted molar refractivity (Wildman–Crippen MR) is 114 cm³/mol. The summed E-state index contributed by atoms with van der Waals surface area (Å²) in [5, 5.41) is 3.64. The smallest absolute Gasteiger partial charge is 0.263 e. The van der Waals surface area contributed by atoms with Crippen LogP contribution in [0.15, 0.2) is 58.4 Å². The van der Waals surface area contributed by atoms with Crippen molar-refractivity contribution >= 4 is 32.7 Å². The van der Waals surface area contributed by atoms with Crippen molar-refractivity contribution in [2.75, 3.05) is 20.2 Å². The minimum Gasteiger partial charge on any atom is -0.497 e. The van der Waals surface area contributed by atoms with Crippen LogP contribution < -0.4 is 14.8 Å². The molecular weight excluding hydrogens is 404 g/mol. The van der Waals surface area contributed by atoms with Crippen molar-refractivity contribution in [3.05, 3.63) is 65.4 Å². The largest absolute Gasteiger partial charge is 0.497 e. The van der Waals surface area contributed by atoms with Gasteiger partial charge in [0, 0.05) is 23.6 Å². The van der Waals surface area contributed by atoms with Gasteiger partial charge in [0.2, 0.25) is 0 Å². The van der Waals surface area contributed by atoms with E-state index in [1.807, 2.05) is 18.2 Å². The lowest BCUT2D eigenvalue weighted by Crippen LogP contribution is -2.28. The molecule has 8 nitrogen and oxygen atoms in total. The first-order valence-electron chi connectivity index (χ1n) is 9.29. The number of methoxy groups -OCH3 is 1. The van der Waals surface area contributed by atoms with Gasteiger partial charge in [-0.1, -0.05) is 12.1 Å². The van der Waals surface area contributed by atoms with Gasteiger partial charge in [0.25, 0.3) is 15.9 Å². The SMILES string of the molecule is COc1ccc2cc(C(=O)NCCN=C3NS(=O)(=O)c4ccccc43)c(C)nc2c1. The van der Waals surface area contributed by atoms with Gasteiger partial charge in [0.05, 0.1) is 35.3 Å². The fraction of sp³-hybridized carbons (Fsp3) is 0.190. The number of fused-ring (bicyclic) bond motifs is 2. The summed E-state index contributed by atoms with van der Waals surface area (Å²) in [6.07, 6.45) is 0. The van der Waals surface area contributed by atoms with Gasteiger partial charge in [-0.25, -0.2) is 8.42 Å². The number of carbonyl (C=O) groups excluding carboxylic acids is 1. The number of rotatable bonds is 5. The molecule has 0 saturated heterocycles. The van der Waals surface area contributed by atoms with E-state index in [1.54, 1.807) is 38.3 Å². The van der Waals surface area contributed by atoms with Crippen LogP contribution in [0.4, 0.5) is 0 Å². The molecule has 0 bridgehead atoms. The number of aromatic nitrogens is 1. The van der Waals surface area contributed by atoms with Gasteiger partial charge in [0.1, 0.15) is 11.6 Å². The molecule has 0 unspecified atom stereocenters. The van der Waals surface area contributed by atoms with Crippen LogP contribution in [0.25, 0.3) is 10.9 Å². The summed E-state index contributed by atoms with van der Waals surface area (Å²) in [7, 11) is -1.98. The summed E-state index contributed by atoms with van der Waals surface area (Å²) in [6, 6.07) is 13.9. The van der Waals surface area contributed by atoms with E-state index >= 15 is 0 Å². The molecular formula is C21H20N4O4S. The Bertz CT molecular complexity index is 1290. The summed E-state index contributed by atoms with van der Waals surface area (Å²) in [5.41, 5.74) is 2.38. The number of amidine groups is 1. The van der Waals surface area contributed by atoms with Crippen molar-refractivity contribution in [1.82, 2.24) is 15.0 Å². The predicted octanol–water partition coefficient (Wildman–Crippen LogP) is 2.02. The number of sulfonamides is 1. The van der Waals surface area contributed by atoms with Gasteiger partial charge in [-0.2, -0.15) is 0 Å². The van der Waals surface area contributed by atoms with Crippen LogP contribution in [-0.2, 0) is 10.0 Å². The molecule has 1 amide bonds. The van der Waals surface area contributed by atoms with Crippen LogP contribution in [0.3, 0.4) is 0 Å². The topological polar surface area (TPSA) is 110 Å². The second-order valence-electron chi connectivity index (χ2n) is 6.77. The van der Waals surface area contributed by atoms with Gasteiger partial charge < -0.3 is 10.1 Å². The van der Waals surface area contributed by atoms with E-state index in [-0.39, 0.29) is 29.7 Å². The summed E-state index contributed by atoms with van der Waals surface area (Å²) in [5.74, 6) is 0.734. The molecule has 1 aromatic heterocycles. The Morgan fingerprint density at radius 3 is 2.80 bits per heavy atom. The Labute approximate surface area is 174 Å². The third-order valence-corrected chi connectivity index (χ3v) is 6.19. The van der Waals surface area contributed by atoms with Gasteiger partial charge >= 0.3 is 0 Å². The molecule has 2 aromatic carbocycles. The van der Waals surface area contributed by atoms with Crippen molar-refractivity contribution in [3.8, 4) is 5.75 Å². The number of hydrogen-bond donors (Lipinski definition) is 2. The number of nitrogens with one attached hydrogen (secondary N) is 2. The van der Waals surface area contributed by atoms with Crippen LogP contribution in [-0.4, -0.2) is 45.3 Å². The Balaban J connectivity index is 1.45. The van der Waals surface area contributed by atoms with Gasteiger partial charge in [-0.05, 0) is 37.3 Å². The maximum absolute atomic E-state index is 12.6. The van der Waals surface area contributed by atoms with E-state index in [0.717, 1.165) is 10.9 Å². The number of pyridine rings is 1. The van der Waals surface area contributed by atoms with E-state index in [1.165, 1.54) is 6.07 Å². The second-order valence-corrected chi connectivity index (χ2v) is 8.42. The van der Waals surface area contributed by atoms with Gasteiger partial charge in [-0.3, -0.25) is 19.5 Å². The molecule has 2 N–H and O–H groups in total. The normalized spacial score (nSPS) is 15.6. The maximum Gasteiger partial charge on any atom is 0.263 e.